The van der Waals surface area contributed by atoms with Crippen molar-refractivity contribution >= 4 is 23.2 Å². The molecule has 12 heteroatoms. The largest absolute Gasteiger partial charge is 0.573 e. The minimum absolute atomic E-state index is 0.0504. The van der Waals surface area contributed by atoms with Gasteiger partial charge < -0.3 is 31.6 Å². The monoisotopic (exact) mass is 556 g/mol. The maximum atomic E-state index is 13.8. The van der Waals surface area contributed by atoms with Gasteiger partial charge >= 0.3 is 6.36 Å². The first-order chi connectivity index (χ1) is 18.9. The normalized spacial score (nSPS) is 11.6. The Morgan fingerprint density at radius 3 is 2.30 bits per heavy atom. The van der Waals surface area contributed by atoms with E-state index in [4.69, 9.17) is 11.1 Å². The molecule has 0 bridgehead atoms. The van der Waals surface area contributed by atoms with E-state index in [9.17, 15) is 32.3 Å². The van der Waals surface area contributed by atoms with Crippen LogP contribution in [0.15, 0.2) is 60.7 Å². The first-order valence-electron chi connectivity index (χ1n) is 11.7. The lowest BCUT2D eigenvalue weighted by Crippen LogP contribution is -2.39. The molecular weight excluding hydrogens is 532 g/mol. The van der Waals surface area contributed by atoms with E-state index in [-0.39, 0.29) is 34.9 Å². The number of hydrogen-bond donors (Lipinski definition) is 5. The number of para-hydroxylation sites is 1. The number of carbonyl (C=O) groups excluding carboxylic acids is 2. The van der Waals surface area contributed by atoms with Crippen LogP contribution in [0.25, 0.3) is 0 Å². The number of alkyl halides is 3. The third-order valence-corrected chi connectivity index (χ3v) is 5.56. The molecule has 3 rings (SSSR count). The van der Waals surface area contributed by atoms with Crippen molar-refractivity contribution in [1.82, 2.24) is 10.6 Å². The minimum atomic E-state index is -5.10. The molecule has 0 saturated heterocycles. The number of amides is 2. The van der Waals surface area contributed by atoms with Crippen LogP contribution in [0.4, 0.5) is 23.2 Å². The molecule has 8 nitrogen and oxygen atoms in total. The van der Waals surface area contributed by atoms with Crippen LogP contribution in [0.1, 0.15) is 43.8 Å². The highest BCUT2D eigenvalue weighted by molar-refractivity contribution is 6.03. The average molecular weight is 557 g/mol. The van der Waals surface area contributed by atoms with Gasteiger partial charge in [-0.3, -0.25) is 9.59 Å². The van der Waals surface area contributed by atoms with Crippen LogP contribution in [0.2, 0.25) is 0 Å². The lowest BCUT2D eigenvalue weighted by Gasteiger charge is -2.19. The Labute approximate surface area is 226 Å². The highest BCUT2D eigenvalue weighted by Gasteiger charge is 2.33. The number of aliphatic hydroxyl groups is 1. The van der Waals surface area contributed by atoms with Gasteiger partial charge in [-0.15, -0.1) is 13.2 Å². The smallest absolute Gasteiger partial charge is 0.405 e. The molecule has 0 aromatic heterocycles. The lowest BCUT2D eigenvalue weighted by molar-refractivity contribution is -0.274. The van der Waals surface area contributed by atoms with Gasteiger partial charge in [0, 0.05) is 41.4 Å². The Morgan fingerprint density at radius 1 is 1.02 bits per heavy atom. The molecule has 1 atom stereocenters. The third-order valence-electron chi connectivity index (χ3n) is 5.56. The summed E-state index contributed by atoms with van der Waals surface area (Å²) in [5.41, 5.74) is 5.80. The summed E-state index contributed by atoms with van der Waals surface area (Å²) in [7, 11) is 1.49. The number of nitrogen functional groups attached to an aromatic ring is 1. The highest BCUT2D eigenvalue weighted by atomic mass is 19.4. The zero-order valence-corrected chi connectivity index (χ0v) is 21.0. The van der Waals surface area contributed by atoms with Crippen molar-refractivity contribution in [2.45, 2.75) is 18.8 Å². The predicted octanol–water partition coefficient (Wildman–Crippen LogP) is 3.61. The standard InChI is InChI=1S/C28H24F4N4O4/c1-35-26(38)18-10-7-16(8-11-18)5-6-17-9-12-24(40-28(30,31)32)21(13-17)27(39)36-19(15-37)14-23(33)20-3-2-4-22(29)25(20)34/h2-4,7-13,19,33,37H,14-15,34H2,1H3,(H,35,38)(H,36,39). The van der Waals surface area contributed by atoms with Crippen LogP contribution in [-0.2, 0) is 0 Å². The zero-order valence-electron chi connectivity index (χ0n) is 21.0. The van der Waals surface area contributed by atoms with Crippen molar-refractivity contribution in [3.63, 3.8) is 0 Å². The van der Waals surface area contributed by atoms with Gasteiger partial charge in [-0.1, -0.05) is 24.0 Å². The van der Waals surface area contributed by atoms with Crippen molar-refractivity contribution in [3.8, 4) is 17.6 Å². The molecule has 0 fully saturated rings. The maximum absolute atomic E-state index is 13.8. The Bertz CT molecular complexity index is 1480. The molecule has 208 valence electrons. The van der Waals surface area contributed by atoms with Crippen LogP contribution >= 0.6 is 0 Å². The topological polar surface area (TPSA) is 138 Å². The zero-order chi connectivity index (χ0) is 29.4. The summed E-state index contributed by atoms with van der Waals surface area (Å²) < 4.78 is 56.8. The minimum Gasteiger partial charge on any atom is -0.405 e. The number of halogens is 4. The molecule has 1 unspecified atom stereocenters. The Kier molecular flexibility index (Phi) is 9.47. The van der Waals surface area contributed by atoms with Crippen molar-refractivity contribution < 1.29 is 37.0 Å². The van der Waals surface area contributed by atoms with Gasteiger partial charge in [-0.05, 0) is 48.5 Å². The molecule has 6 N–H and O–H groups in total. The molecule has 3 aromatic rings. The van der Waals surface area contributed by atoms with Gasteiger partial charge in [0.25, 0.3) is 11.8 Å². The van der Waals surface area contributed by atoms with Crippen molar-refractivity contribution in [1.29, 1.82) is 5.41 Å². The number of nitrogens with one attached hydrogen (secondary N) is 3. The molecule has 3 aromatic carbocycles. The molecule has 2 amide bonds. The number of aliphatic hydroxyl groups excluding tert-OH is 1. The van der Waals surface area contributed by atoms with Gasteiger partial charge in [0.2, 0.25) is 0 Å². The SMILES string of the molecule is CNC(=O)c1ccc(C#Cc2ccc(OC(F)(F)F)c(C(=O)NC(CO)CC(=N)c3cccc(F)c3N)c2)cc1. The second-order valence-corrected chi connectivity index (χ2v) is 8.40. The summed E-state index contributed by atoms with van der Waals surface area (Å²) in [6, 6.07) is 12.2. The van der Waals surface area contributed by atoms with Gasteiger partial charge in [0.05, 0.1) is 23.9 Å². The van der Waals surface area contributed by atoms with Crippen LogP contribution in [0.3, 0.4) is 0 Å². The van der Waals surface area contributed by atoms with E-state index >= 15 is 0 Å². The second-order valence-electron chi connectivity index (χ2n) is 8.40. The Hall–Kier alpha value is -4.89. The van der Waals surface area contributed by atoms with E-state index in [1.807, 2.05) is 0 Å². The molecule has 40 heavy (non-hydrogen) atoms. The molecule has 0 radical (unpaired) electrons. The fourth-order valence-electron chi connectivity index (χ4n) is 3.57. The number of ether oxygens (including phenoxy) is 1. The number of hydrogen-bond acceptors (Lipinski definition) is 6. The molecule has 0 aliphatic carbocycles. The van der Waals surface area contributed by atoms with Gasteiger partial charge in [-0.25, -0.2) is 4.39 Å². The predicted molar refractivity (Wildman–Crippen MR) is 140 cm³/mol. The van der Waals surface area contributed by atoms with E-state index < -0.39 is 42.0 Å². The van der Waals surface area contributed by atoms with Crippen molar-refractivity contribution in [3.05, 3.63) is 94.3 Å². The van der Waals surface area contributed by atoms with Crippen molar-refractivity contribution in [2.24, 2.45) is 0 Å². The van der Waals surface area contributed by atoms with E-state index in [0.29, 0.717) is 11.1 Å². The molecule has 0 spiro atoms. The second kappa shape index (κ2) is 12.8. The number of benzene rings is 3. The summed E-state index contributed by atoms with van der Waals surface area (Å²) in [5.74, 6) is 2.67. The van der Waals surface area contributed by atoms with E-state index in [1.54, 1.807) is 24.3 Å². The number of carbonyl (C=O) groups is 2. The molecule has 0 aliphatic rings. The fraction of sp³-hybridized carbons (Fsp3) is 0.179. The number of rotatable bonds is 8. The summed E-state index contributed by atoms with van der Waals surface area (Å²) in [5, 5.41) is 22.8. The molecular formula is C28H24F4N4O4. The molecule has 0 saturated carbocycles. The number of anilines is 1. The lowest BCUT2D eigenvalue weighted by atomic mass is 10.0. The molecule has 0 aliphatic heterocycles. The van der Waals surface area contributed by atoms with Crippen molar-refractivity contribution in [2.75, 3.05) is 19.4 Å². The first kappa shape index (κ1) is 29.7. The highest BCUT2D eigenvalue weighted by Crippen LogP contribution is 2.28. The van der Waals surface area contributed by atoms with Gasteiger partial charge in [0.15, 0.2) is 0 Å². The van der Waals surface area contributed by atoms with E-state index in [0.717, 1.165) is 18.2 Å². The van der Waals surface area contributed by atoms with E-state index in [2.05, 4.69) is 27.2 Å². The summed E-state index contributed by atoms with van der Waals surface area (Å²) >= 11 is 0. The van der Waals surface area contributed by atoms with Crippen LogP contribution < -0.4 is 21.1 Å². The van der Waals surface area contributed by atoms with Crippen LogP contribution in [0, 0.1) is 23.1 Å². The van der Waals surface area contributed by atoms with E-state index in [1.165, 1.54) is 25.2 Å². The van der Waals surface area contributed by atoms with Gasteiger partial charge in [-0.2, -0.15) is 0 Å². The summed E-state index contributed by atoms with van der Waals surface area (Å²) in [4.78, 5) is 24.7. The third kappa shape index (κ3) is 7.81. The molecule has 0 heterocycles. The number of nitrogens with two attached hydrogens (primary N) is 1. The fourth-order valence-corrected chi connectivity index (χ4v) is 3.57. The van der Waals surface area contributed by atoms with Crippen LogP contribution in [-0.4, -0.2) is 48.7 Å². The Balaban J connectivity index is 1.85. The maximum Gasteiger partial charge on any atom is 0.573 e. The van der Waals surface area contributed by atoms with Gasteiger partial charge in [0.1, 0.15) is 11.6 Å². The van der Waals surface area contributed by atoms with Crippen LogP contribution in [0.5, 0.6) is 5.75 Å². The summed E-state index contributed by atoms with van der Waals surface area (Å²) in [6.07, 6.45) is -5.39. The Morgan fingerprint density at radius 2 is 1.68 bits per heavy atom. The first-order valence-corrected chi connectivity index (χ1v) is 11.7. The average Bonchev–Trinajstić information content (AvgIpc) is 2.92. The summed E-state index contributed by atoms with van der Waals surface area (Å²) in [6.45, 7) is -0.676. The quantitative estimate of drug-likeness (QED) is 0.125.